The molecule has 2 rings (SSSR count). The first-order chi connectivity index (χ1) is 29.6. The van der Waals surface area contributed by atoms with Crippen molar-refractivity contribution in [1.82, 2.24) is 0 Å². The molecular weight excluding hydrogens is 789 g/mol. The van der Waals surface area contributed by atoms with Crippen molar-refractivity contribution in [3.8, 4) is 0 Å². The monoisotopic (exact) mass is 865 g/mol. The van der Waals surface area contributed by atoms with Gasteiger partial charge < -0.3 is 64.2 Å². The fraction of sp³-hybridized carbons (Fsp3) is 0.681. The van der Waals surface area contributed by atoms with Crippen LogP contribution in [0.15, 0.2) is 85.1 Å². The number of esters is 1. The summed E-state index contributed by atoms with van der Waals surface area (Å²) in [4.78, 5) is 12.3. The van der Waals surface area contributed by atoms with Gasteiger partial charge in [-0.3, -0.25) is 4.79 Å². The topological polar surface area (TPSA) is 214 Å². The van der Waals surface area contributed by atoms with Crippen molar-refractivity contribution in [3.63, 3.8) is 0 Å². The van der Waals surface area contributed by atoms with Crippen molar-refractivity contribution in [3.05, 3.63) is 85.1 Å². The number of aliphatic hydroxyl groups is 7. The molecule has 0 bridgehead atoms. The molecule has 14 nitrogen and oxygen atoms in total. The molecule has 11 atom stereocenters. The lowest BCUT2D eigenvalue weighted by Gasteiger charge is -2.42. The lowest BCUT2D eigenvalue weighted by Crippen LogP contribution is -2.61. The van der Waals surface area contributed by atoms with E-state index in [9.17, 15) is 40.5 Å². The van der Waals surface area contributed by atoms with E-state index in [1.807, 2.05) is 6.92 Å². The Balaban J connectivity index is 1.61. The molecule has 61 heavy (non-hydrogen) atoms. The van der Waals surface area contributed by atoms with Gasteiger partial charge in [-0.15, -0.1) is 0 Å². The summed E-state index contributed by atoms with van der Waals surface area (Å²) in [6.45, 7) is 3.07. The Morgan fingerprint density at radius 2 is 1.03 bits per heavy atom. The number of hydrogen-bond donors (Lipinski definition) is 7. The first-order valence-electron chi connectivity index (χ1n) is 22.2. The smallest absolute Gasteiger partial charge is 0.306 e. The average molecular weight is 865 g/mol. The van der Waals surface area contributed by atoms with Crippen molar-refractivity contribution >= 4 is 5.97 Å². The van der Waals surface area contributed by atoms with E-state index in [-0.39, 0.29) is 19.6 Å². The highest BCUT2D eigenvalue weighted by atomic mass is 16.7. The summed E-state index contributed by atoms with van der Waals surface area (Å²) >= 11 is 0. The molecule has 0 amide bonds. The van der Waals surface area contributed by atoms with E-state index < -0.39 is 86.7 Å². The van der Waals surface area contributed by atoms with E-state index in [0.29, 0.717) is 13.0 Å². The molecule has 0 aromatic rings. The molecule has 7 N–H and O–H groups in total. The van der Waals surface area contributed by atoms with Gasteiger partial charge in [0.15, 0.2) is 12.6 Å². The third-order valence-electron chi connectivity index (χ3n) is 9.89. The Bertz CT molecular complexity index is 1330. The predicted molar refractivity (Wildman–Crippen MR) is 233 cm³/mol. The molecule has 2 aliphatic heterocycles. The minimum Gasteiger partial charge on any atom is -0.457 e. The van der Waals surface area contributed by atoms with Gasteiger partial charge in [0.1, 0.15) is 54.9 Å². The van der Waals surface area contributed by atoms with Crippen LogP contribution in [0, 0.1) is 0 Å². The van der Waals surface area contributed by atoms with Gasteiger partial charge in [0.2, 0.25) is 0 Å². The molecule has 0 spiro atoms. The molecule has 2 aliphatic rings. The Kier molecular flexibility index (Phi) is 30.8. The van der Waals surface area contributed by atoms with Crippen LogP contribution in [0.25, 0.3) is 0 Å². The van der Waals surface area contributed by atoms with Crippen molar-refractivity contribution in [2.24, 2.45) is 0 Å². The van der Waals surface area contributed by atoms with E-state index in [1.54, 1.807) is 0 Å². The van der Waals surface area contributed by atoms with Crippen LogP contribution in [0.5, 0.6) is 0 Å². The second kappa shape index (κ2) is 34.6. The molecule has 2 saturated heterocycles. The molecule has 2 heterocycles. The summed E-state index contributed by atoms with van der Waals surface area (Å²) in [5.74, 6) is -0.444. The van der Waals surface area contributed by atoms with Crippen LogP contribution < -0.4 is 0 Å². The molecular formula is C47H76O14. The minimum atomic E-state index is -1.71. The van der Waals surface area contributed by atoms with Crippen LogP contribution >= 0.6 is 0 Å². The van der Waals surface area contributed by atoms with Gasteiger partial charge in [0.25, 0.3) is 0 Å². The zero-order chi connectivity index (χ0) is 44.5. The quantitative estimate of drug-likeness (QED) is 0.0271. The van der Waals surface area contributed by atoms with Crippen LogP contribution in [-0.2, 0) is 33.2 Å². The largest absolute Gasteiger partial charge is 0.457 e. The molecule has 0 aromatic heterocycles. The molecule has 14 heteroatoms. The van der Waals surface area contributed by atoms with Crippen LogP contribution in [0.2, 0.25) is 0 Å². The highest BCUT2D eigenvalue weighted by Gasteiger charge is 2.47. The summed E-state index contributed by atoms with van der Waals surface area (Å²) in [7, 11) is 0. The Morgan fingerprint density at radius 3 is 1.56 bits per heavy atom. The van der Waals surface area contributed by atoms with Gasteiger partial charge in [0.05, 0.1) is 26.4 Å². The molecule has 0 aromatic carbocycles. The van der Waals surface area contributed by atoms with Crippen molar-refractivity contribution in [1.29, 1.82) is 0 Å². The van der Waals surface area contributed by atoms with Crippen LogP contribution in [0.1, 0.15) is 104 Å². The summed E-state index contributed by atoms with van der Waals surface area (Å²) in [5.41, 5.74) is 0. The molecule has 0 radical (unpaired) electrons. The molecule has 2 fully saturated rings. The van der Waals surface area contributed by atoms with Crippen LogP contribution in [0.3, 0.4) is 0 Å². The number of carbonyl (C=O) groups excluding carboxylic acids is 1. The molecule has 0 aliphatic carbocycles. The fourth-order valence-electron chi connectivity index (χ4n) is 6.30. The maximum atomic E-state index is 12.3. The number of rotatable bonds is 32. The number of carbonyl (C=O) groups is 1. The van der Waals surface area contributed by atoms with Gasteiger partial charge in [-0.05, 0) is 70.6 Å². The number of ether oxygens (including phenoxy) is 6. The van der Waals surface area contributed by atoms with Gasteiger partial charge >= 0.3 is 5.97 Å². The van der Waals surface area contributed by atoms with E-state index in [2.05, 4.69) is 92.0 Å². The number of hydrogen-bond acceptors (Lipinski definition) is 14. The summed E-state index contributed by atoms with van der Waals surface area (Å²) < 4.78 is 33.5. The highest BCUT2D eigenvalue weighted by molar-refractivity contribution is 5.69. The van der Waals surface area contributed by atoms with Gasteiger partial charge in [-0.2, -0.15) is 0 Å². The first-order valence-corrected chi connectivity index (χ1v) is 22.2. The van der Waals surface area contributed by atoms with Crippen LogP contribution in [0.4, 0.5) is 0 Å². The van der Waals surface area contributed by atoms with E-state index in [0.717, 1.165) is 77.0 Å². The maximum absolute atomic E-state index is 12.3. The fourth-order valence-corrected chi connectivity index (χ4v) is 6.30. The van der Waals surface area contributed by atoms with Gasteiger partial charge in [0, 0.05) is 13.0 Å². The lowest BCUT2D eigenvalue weighted by molar-refractivity contribution is -0.332. The van der Waals surface area contributed by atoms with E-state index in [1.165, 1.54) is 0 Å². The third-order valence-corrected chi connectivity index (χ3v) is 9.89. The van der Waals surface area contributed by atoms with Gasteiger partial charge in [-0.25, -0.2) is 0 Å². The average Bonchev–Trinajstić information content (AvgIpc) is 3.25. The number of unbranched alkanes of at least 4 members (excludes halogenated alkanes) is 4. The standard InChI is InChI=1S/C47H76O14/c1-3-5-6-7-8-9-10-11-12-13-14-15-16-17-18-19-20-21-22-23-24-25-26-27-28-29-31-56-33-36(59-39(49)30-4-2)34-57-46-45(55)43(53)41(51)38(61-46)35-58-47-44(54)42(52)40(50)37(32-48)60-47/h5-6,8-9,11-12,14-15,17-18,20-21,23-24,36-38,40-48,50-55H,3-4,7,10,13,16,19,22,25-35H2,1-2H3/b6-5-,9-8-,12-11-,15-14-,18-17-,21-20-,24-23-. The second-order valence-corrected chi connectivity index (χ2v) is 15.1. The van der Waals surface area contributed by atoms with Crippen molar-refractivity contribution in [2.75, 3.05) is 33.0 Å². The summed E-state index contributed by atoms with van der Waals surface area (Å²) in [6, 6.07) is 0. The van der Waals surface area contributed by atoms with Crippen molar-refractivity contribution in [2.45, 2.75) is 171 Å². The Hall–Kier alpha value is -2.83. The zero-order valence-electron chi connectivity index (χ0n) is 36.4. The summed E-state index contributed by atoms with van der Waals surface area (Å²) in [5, 5.41) is 71.3. The lowest BCUT2D eigenvalue weighted by atomic mass is 9.98. The number of allylic oxidation sites excluding steroid dienone is 14. The van der Waals surface area contributed by atoms with E-state index >= 15 is 0 Å². The summed E-state index contributed by atoms with van der Waals surface area (Å²) in [6.07, 6.45) is 27.1. The zero-order valence-corrected chi connectivity index (χ0v) is 36.4. The molecule has 348 valence electrons. The third kappa shape index (κ3) is 23.4. The first kappa shape index (κ1) is 54.3. The molecule has 0 saturated carbocycles. The van der Waals surface area contributed by atoms with Gasteiger partial charge in [-0.1, -0.05) is 112 Å². The van der Waals surface area contributed by atoms with Crippen molar-refractivity contribution < 1.29 is 69.0 Å². The maximum Gasteiger partial charge on any atom is 0.306 e. The number of aliphatic hydroxyl groups excluding tert-OH is 7. The molecule has 11 unspecified atom stereocenters. The Morgan fingerprint density at radius 1 is 0.557 bits per heavy atom. The van der Waals surface area contributed by atoms with E-state index in [4.69, 9.17) is 28.4 Å². The second-order valence-electron chi connectivity index (χ2n) is 15.1. The minimum absolute atomic E-state index is 0.0322. The van der Waals surface area contributed by atoms with Crippen LogP contribution in [-0.4, -0.2) is 142 Å². The SMILES string of the molecule is CC/C=C\C/C=C\C/C=C\C/C=C\C/C=C\C/C=C\C/C=C\CCCCCCOCC(COC1OC(COC2OC(CO)C(O)C(O)C2O)C(O)C(O)C1O)OC(=O)CCC. The predicted octanol–water partition coefficient (Wildman–Crippen LogP) is 4.95. The highest BCUT2D eigenvalue weighted by Crippen LogP contribution is 2.26. The Labute approximate surface area is 363 Å². The normalized spacial score (nSPS) is 28.3.